The zero-order chi connectivity index (χ0) is 33.7. The summed E-state index contributed by atoms with van der Waals surface area (Å²) in [4.78, 5) is 30.1. The lowest BCUT2D eigenvalue weighted by Crippen LogP contribution is -2.23. The average molecular weight is 662 g/mol. The fourth-order valence-electron chi connectivity index (χ4n) is 5.19. The molecule has 0 aliphatic rings. The van der Waals surface area contributed by atoms with Crippen LogP contribution in [0.25, 0.3) is 43.2 Å². The molecule has 0 fully saturated rings. The molecule has 0 atom stereocenters. The molecule has 0 saturated heterocycles. The van der Waals surface area contributed by atoms with Gasteiger partial charge in [0.1, 0.15) is 43.2 Å². The van der Waals surface area contributed by atoms with Crippen LogP contribution in [0.2, 0.25) is 0 Å². The van der Waals surface area contributed by atoms with Crippen LogP contribution in [0.15, 0.2) is 48.8 Å². The average Bonchev–Trinajstić information content (AvgIpc) is 3.60. The first-order valence-corrected chi connectivity index (χ1v) is 16.8. The van der Waals surface area contributed by atoms with E-state index in [1.54, 1.807) is 12.4 Å². The monoisotopic (exact) mass is 661 g/mol. The van der Waals surface area contributed by atoms with Gasteiger partial charge >= 0.3 is 0 Å². The SMILES string of the molecule is CCN(CC)c1nc(-c2ccncc2)nc2sc(C#N)c(C)c12.Cc1ccc(-c2nc(N(C)CCO)c3c(C)c(C#N)sc3n2)cc1. The molecule has 5 aromatic heterocycles. The van der Waals surface area contributed by atoms with Crippen LogP contribution in [0.3, 0.4) is 0 Å². The minimum Gasteiger partial charge on any atom is -0.395 e. The van der Waals surface area contributed by atoms with Crippen LogP contribution < -0.4 is 9.80 Å². The molecule has 0 amide bonds. The number of aliphatic hydroxyl groups excluding tert-OH is 1. The standard InChI is InChI=1S/C18H18N4OS.C17H17N5S/c1-11-4-6-13(7-5-11)16-20-17(22(3)8-9-23)15-12(2)14(10-19)24-18(15)21-16;1-4-22(5-2)16-14-11(3)13(10-18)23-17(14)21-15(20-16)12-6-8-19-9-7-12/h4-7,23H,8-9H2,1-3H3;6-9H,4-5H2,1-3H3. The second-order valence-corrected chi connectivity index (χ2v) is 12.9. The van der Waals surface area contributed by atoms with E-state index in [0.717, 1.165) is 67.4 Å². The van der Waals surface area contributed by atoms with Crippen molar-refractivity contribution in [3.8, 4) is 34.9 Å². The molecule has 1 aromatic carbocycles. The van der Waals surface area contributed by atoms with Gasteiger partial charge in [-0.1, -0.05) is 29.8 Å². The van der Waals surface area contributed by atoms with Gasteiger partial charge in [-0.05, 0) is 57.9 Å². The molecule has 238 valence electrons. The van der Waals surface area contributed by atoms with Gasteiger partial charge in [0, 0.05) is 50.2 Å². The lowest BCUT2D eigenvalue weighted by molar-refractivity contribution is 0.304. The summed E-state index contributed by atoms with van der Waals surface area (Å²) in [5.74, 6) is 2.96. The number of pyridine rings is 1. The van der Waals surface area contributed by atoms with Gasteiger partial charge in [0.2, 0.25) is 0 Å². The van der Waals surface area contributed by atoms with Crippen molar-refractivity contribution >= 4 is 54.7 Å². The number of thiophene rings is 2. The van der Waals surface area contributed by atoms with Crippen LogP contribution in [0.4, 0.5) is 11.6 Å². The quantitative estimate of drug-likeness (QED) is 0.180. The summed E-state index contributed by atoms with van der Waals surface area (Å²) in [7, 11) is 1.89. The van der Waals surface area contributed by atoms with Crippen molar-refractivity contribution in [2.75, 3.05) is 43.1 Å². The maximum absolute atomic E-state index is 9.34. The number of fused-ring (bicyclic) bond motifs is 2. The molecule has 0 unspecified atom stereocenters. The Kier molecular flexibility index (Phi) is 10.4. The lowest BCUT2D eigenvalue weighted by Gasteiger charge is -2.21. The first-order valence-electron chi connectivity index (χ1n) is 15.2. The molecule has 0 saturated carbocycles. The molecule has 0 aliphatic heterocycles. The van der Waals surface area contributed by atoms with Crippen molar-refractivity contribution in [3.63, 3.8) is 0 Å². The van der Waals surface area contributed by atoms with Crippen LogP contribution in [0.5, 0.6) is 0 Å². The van der Waals surface area contributed by atoms with Crippen LogP contribution in [0.1, 0.15) is 40.3 Å². The zero-order valence-electron chi connectivity index (χ0n) is 27.2. The normalized spacial score (nSPS) is 10.7. The number of aliphatic hydroxyl groups is 1. The third-order valence-corrected chi connectivity index (χ3v) is 10.0. The number of hydrogen-bond acceptors (Lipinski definition) is 12. The summed E-state index contributed by atoms with van der Waals surface area (Å²) >= 11 is 2.81. The largest absolute Gasteiger partial charge is 0.395 e. The van der Waals surface area contributed by atoms with E-state index in [1.165, 1.54) is 28.2 Å². The van der Waals surface area contributed by atoms with Crippen LogP contribution in [0, 0.1) is 43.4 Å². The van der Waals surface area contributed by atoms with E-state index in [9.17, 15) is 15.6 Å². The maximum Gasteiger partial charge on any atom is 0.163 e. The molecular weight excluding hydrogens is 627 g/mol. The minimum absolute atomic E-state index is 0.0379. The van der Waals surface area contributed by atoms with E-state index in [0.29, 0.717) is 27.9 Å². The van der Waals surface area contributed by atoms with Crippen LogP contribution in [-0.2, 0) is 0 Å². The molecule has 0 spiro atoms. The summed E-state index contributed by atoms with van der Waals surface area (Å²) in [6.07, 6.45) is 3.47. The number of nitrogens with zero attached hydrogens (tertiary/aromatic N) is 9. The number of likely N-dealkylation sites (N-methyl/N-ethyl adjacent to an activating group) is 1. The first kappa shape index (κ1) is 33.4. The number of aryl methyl sites for hydroxylation is 3. The second-order valence-electron chi connectivity index (χ2n) is 10.9. The van der Waals surface area contributed by atoms with Crippen molar-refractivity contribution < 1.29 is 5.11 Å². The Morgan fingerprint density at radius 2 is 1.21 bits per heavy atom. The third-order valence-electron chi connectivity index (χ3n) is 7.85. The first-order chi connectivity index (χ1) is 22.7. The number of rotatable bonds is 8. The number of anilines is 2. The fraction of sp³-hybridized carbons (Fsp3) is 0.286. The van der Waals surface area contributed by atoms with E-state index in [-0.39, 0.29) is 6.61 Å². The number of hydrogen-bond donors (Lipinski definition) is 1. The van der Waals surface area contributed by atoms with Crippen molar-refractivity contribution in [1.29, 1.82) is 10.5 Å². The smallest absolute Gasteiger partial charge is 0.163 e. The van der Waals surface area contributed by atoms with Crippen LogP contribution in [-0.4, -0.2) is 63.3 Å². The summed E-state index contributed by atoms with van der Waals surface area (Å²) < 4.78 is 0. The van der Waals surface area contributed by atoms with Gasteiger partial charge in [-0.3, -0.25) is 4.98 Å². The molecule has 47 heavy (non-hydrogen) atoms. The molecule has 12 heteroatoms. The number of benzene rings is 1. The Bertz CT molecular complexity index is 2110. The van der Waals surface area contributed by atoms with E-state index >= 15 is 0 Å². The Morgan fingerprint density at radius 3 is 1.70 bits per heavy atom. The Labute approximate surface area is 282 Å². The summed E-state index contributed by atoms with van der Waals surface area (Å²) in [6, 6.07) is 16.4. The van der Waals surface area contributed by atoms with Crippen molar-refractivity contribution in [3.05, 3.63) is 75.2 Å². The van der Waals surface area contributed by atoms with Crippen molar-refractivity contribution in [2.45, 2.75) is 34.6 Å². The highest BCUT2D eigenvalue weighted by molar-refractivity contribution is 7.19. The van der Waals surface area contributed by atoms with Gasteiger partial charge in [0.05, 0.1) is 17.4 Å². The fourth-order valence-corrected chi connectivity index (χ4v) is 7.14. The molecule has 6 aromatic rings. The van der Waals surface area contributed by atoms with E-state index < -0.39 is 0 Å². The van der Waals surface area contributed by atoms with Gasteiger partial charge in [0.15, 0.2) is 11.6 Å². The van der Waals surface area contributed by atoms with E-state index in [2.05, 4.69) is 45.8 Å². The summed E-state index contributed by atoms with van der Waals surface area (Å²) in [6.45, 7) is 12.4. The topological polar surface area (TPSA) is 139 Å². The van der Waals surface area contributed by atoms with Crippen molar-refractivity contribution in [1.82, 2.24) is 24.9 Å². The third kappa shape index (κ3) is 6.76. The predicted octanol–water partition coefficient (Wildman–Crippen LogP) is 7.05. The van der Waals surface area contributed by atoms with Gasteiger partial charge < -0.3 is 14.9 Å². The summed E-state index contributed by atoms with van der Waals surface area (Å²) in [5, 5.41) is 29.8. The Morgan fingerprint density at radius 1 is 0.723 bits per heavy atom. The van der Waals surface area contributed by atoms with Gasteiger partial charge in [-0.2, -0.15) is 10.5 Å². The molecule has 0 radical (unpaired) electrons. The molecule has 10 nitrogen and oxygen atoms in total. The van der Waals surface area contributed by atoms with E-state index in [1.807, 2.05) is 69.1 Å². The highest BCUT2D eigenvalue weighted by atomic mass is 32.1. The van der Waals surface area contributed by atoms with Gasteiger partial charge in [-0.15, -0.1) is 22.7 Å². The highest BCUT2D eigenvalue weighted by Crippen LogP contribution is 2.38. The molecule has 0 bridgehead atoms. The van der Waals surface area contributed by atoms with E-state index in [4.69, 9.17) is 9.97 Å². The minimum atomic E-state index is 0.0379. The van der Waals surface area contributed by atoms with Gasteiger partial charge in [-0.25, -0.2) is 19.9 Å². The molecular formula is C35H35N9OS2. The predicted molar refractivity (Wildman–Crippen MR) is 191 cm³/mol. The van der Waals surface area contributed by atoms with Crippen LogP contribution >= 0.6 is 22.7 Å². The molecule has 6 rings (SSSR count). The molecule has 1 N–H and O–H groups in total. The lowest BCUT2D eigenvalue weighted by atomic mass is 10.1. The Balaban J connectivity index is 0.000000185. The maximum atomic E-state index is 9.34. The van der Waals surface area contributed by atoms with Gasteiger partial charge in [0.25, 0.3) is 0 Å². The number of aromatic nitrogens is 5. The molecule has 0 aliphatic carbocycles. The molecule has 5 heterocycles. The number of nitriles is 2. The highest BCUT2D eigenvalue weighted by Gasteiger charge is 2.21. The second kappa shape index (κ2) is 14.6. The zero-order valence-corrected chi connectivity index (χ0v) is 28.9. The Hall–Kier alpha value is -5.01. The summed E-state index contributed by atoms with van der Waals surface area (Å²) in [5.41, 5.74) is 4.91. The van der Waals surface area contributed by atoms with Crippen molar-refractivity contribution in [2.24, 2.45) is 0 Å².